The van der Waals surface area contributed by atoms with Gasteiger partial charge in [0.05, 0.1) is 40.9 Å². The van der Waals surface area contributed by atoms with Crippen LogP contribution in [-0.2, 0) is 21.4 Å². The van der Waals surface area contributed by atoms with Gasteiger partial charge in [0.2, 0.25) is 21.9 Å². The fourth-order valence-corrected chi connectivity index (χ4v) is 7.64. The van der Waals surface area contributed by atoms with E-state index >= 15 is 0 Å². The Morgan fingerprint density at radius 1 is 1.23 bits per heavy atom. The van der Waals surface area contributed by atoms with E-state index in [4.69, 9.17) is 4.74 Å². The molecule has 14 heteroatoms. The molecule has 4 atom stereocenters. The smallest absolute Gasteiger partial charge is 0.244 e. The minimum atomic E-state index is -4.09. The molecule has 3 N–H and O–H groups in total. The van der Waals surface area contributed by atoms with E-state index in [0.717, 1.165) is 29.3 Å². The average molecular weight is 681 g/mol. The normalized spacial score (nSPS) is 21.1. The second-order valence-corrected chi connectivity index (χ2v) is 13.4. The molecule has 43 heavy (non-hydrogen) atoms. The van der Waals surface area contributed by atoms with Gasteiger partial charge in [-0.25, -0.2) is 27.2 Å². The number of benzene rings is 2. The summed E-state index contributed by atoms with van der Waals surface area (Å²) in [5, 5.41) is 15.6. The number of aliphatic hydroxyl groups is 1. The molecular formula is C29H32BrF2N5O5S. The van der Waals surface area contributed by atoms with Crippen molar-refractivity contribution in [2.24, 2.45) is 0 Å². The molecule has 1 saturated carbocycles. The Morgan fingerprint density at radius 3 is 2.72 bits per heavy atom. The van der Waals surface area contributed by atoms with Crippen molar-refractivity contribution in [2.45, 2.75) is 68.3 Å². The van der Waals surface area contributed by atoms with Crippen molar-refractivity contribution in [1.29, 1.82) is 0 Å². The van der Waals surface area contributed by atoms with E-state index in [1.165, 1.54) is 32.4 Å². The van der Waals surface area contributed by atoms with E-state index in [9.17, 15) is 27.1 Å². The third-order valence-electron chi connectivity index (χ3n) is 7.84. The number of aliphatic hydroxyl groups excluding tert-OH is 1. The van der Waals surface area contributed by atoms with Crippen molar-refractivity contribution in [3.8, 4) is 17.0 Å². The number of nitrogens with one attached hydrogen (secondary N) is 2. The molecule has 1 aliphatic carbocycles. The maximum atomic E-state index is 14.4. The van der Waals surface area contributed by atoms with E-state index < -0.39 is 52.7 Å². The highest BCUT2D eigenvalue weighted by Gasteiger charge is 2.41. The number of amides is 1. The Labute approximate surface area is 257 Å². The minimum Gasteiger partial charge on any atom is -0.497 e. The summed E-state index contributed by atoms with van der Waals surface area (Å²) in [5.41, 5.74) is 1.71. The summed E-state index contributed by atoms with van der Waals surface area (Å²) in [7, 11) is -2.73. The summed E-state index contributed by atoms with van der Waals surface area (Å²) in [6.45, 7) is 0.864. The van der Waals surface area contributed by atoms with Gasteiger partial charge in [0.15, 0.2) is 0 Å². The number of sulfonamides is 1. The summed E-state index contributed by atoms with van der Waals surface area (Å²) in [6.07, 6.45) is 3.45. The number of fused-ring (bicyclic) bond motifs is 1. The number of methoxy groups -OCH3 is 1. The van der Waals surface area contributed by atoms with Crippen molar-refractivity contribution in [2.75, 3.05) is 19.0 Å². The van der Waals surface area contributed by atoms with Gasteiger partial charge < -0.3 is 20.5 Å². The second-order valence-electron chi connectivity index (χ2n) is 10.7. The number of aromatic nitrogens is 2. The summed E-state index contributed by atoms with van der Waals surface area (Å²) in [4.78, 5) is 22.0. The number of alkyl halides is 1. The SMILES string of the molecule is COc1cc(F)cc([C@@H](CO)NC(=O)[C@@H](C)N2Cc3ccc(-c4nc(N[C@H]5CCCC[C@H]5F)ncc4Br)cc3S2(=O)=O)c1. The highest BCUT2D eigenvalue weighted by atomic mass is 79.9. The lowest BCUT2D eigenvalue weighted by atomic mass is 9.94. The van der Waals surface area contributed by atoms with Gasteiger partial charge in [-0.2, -0.15) is 4.31 Å². The molecule has 5 rings (SSSR count). The second kappa shape index (κ2) is 12.8. The molecule has 2 aromatic carbocycles. The van der Waals surface area contributed by atoms with Crippen LogP contribution >= 0.6 is 15.9 Å². The van der Waals surface area contributed by atoms with Crippen LogP contribution in [0.2, 0.25) is 0 Å². The molecule has 0 spiro atoms. The predicted octanol–water partition coefficient (Wildman–Crippen LogP) is 4.49. The highest BCUT2D eigenvalue weighted by Crippen LogP contribution is 2.37. The zero-order valence-corrected chi connectivity index (χ0v) is 26.0. The summed E-state index contributed by atoms with van der Waals surface area (Å²) in [5.74, 6) is -0.815. The molecule has 1 aliphatic heterocycles. The first-order chi connectivity index (χ1) is 20.5. The molecule has 0 radical (unpaired) electrons. The Morgan fingerprint density at radius 2 is 2.00 bits per heavy atom. The van der Waals surface area contributed by atoms with Crippen molar-refractivity contribution in [3.05, 3.63) is 64.0 Å². The first-order valence-corrected chi connectivity index (χ1v) is 16.1. The number of nitrogens with zero attached hydrogens (tertiary/aromatic N) is 3. The van der Waals surface area contributed by atoms with Crippen LogP contribution in [0.5, 0.6) is 5.75 Å². The third-order valence-corrected chi connectivity index (χ3v) is 10.4. The number of carbonyl (C=O) groups is 1. The summed E-state index contributed by atoms with van der Waals surface area (Å²) >= 11 is 3.44. The van der Waals surface area contributed by atoms with Gasteiger partial charge in [-0.05, 0) is 65.0 Å². The molecule has 0 bridgehead atoms. The van der Waals surface area contributed by atoms with E-state index in [2.05, 4.69) is 36.5 Å². The number of anilines is 1. The molecule has 2 heterocycles. The molecule has 230 valence electrons. The van der Waals surface area contributed by atoms with Gasteiger partial charge in [0.1, 0.15) is 23.8 Å². The molecule has 10 nitrogen and oxygen atoms in total. The number of halogens is 3. The first kappa shape index (κ1) is 31.2. The predicted molar refractivity (Wildman–Crippen MR) is 159 cm³/mol. The van der Waals surface area contributed by atoms with Crippen LogP contribution in [-0.4, -0.2) is 65.7 Å². The fourth-order valence-electron chi connectivity index (χ4n) is 5.41. The van der Waals surface area contributed by atoms with Crippen molar-refractivity contribution >= 4 is 37.8 Å². The third kappa shape index (κ3) is 6.52. The Bertz CT molecular complexity index is 1630. The van der Waals surface area contributed by atoms with E-state index in [0.29, 0.717) is 34.1 Å². The van der Waals surface area contributed by atoms with Gasteiger partial charge in [0.25, 0.3) is 0 Å². The molecule has 1 amide bonds. The van der Waals surface area contributed by atoms with Crippen LogP contribution in [0.25, 0.3) is 11.3 Å². The topological polar surface area (TPSA) is 134 Å². The molecule has 0 unspecified atom stereocenters. The van der Waals surface area contributed by atoms with E-state index in [-0.39, 0.29) is 28.7 Å². The molecule has 3 aromatic rings. The molecule has 2 aliphatic rings. The monoisotopic (exact) mass is 679 g/mol. The largest absolute Gasteiger partial charge is 0.497 e. The van der Waals surface area contributed by atoms with Crippen molar-refractivity contribution < 1.29 is 31.8 Å². The van der Waals surface area contributed by atoms with Crippen LogP contribution in [0.1, 0.15) is 49.8 Å². The van der Waals surface area contributed by atoms with Crippen LogP contribution < -0.4 is 15.4 Å². The van der Waals surface area contributed by atoms with Crippen LogP contribution in [0, 0.1) is 5.82 Å². The zero-order valence-electron chi connectivity index (χ0n) is 23.6. The molecular weight excluding hydrogens is 648 g/mol. The zero-order chi connectivity index (χ0) is 30.9. The molecule has 1 aromatic heterocycles. The minimum absolute atomic E-state index is 0.0364. The molecule has 1 fully saturated rings. The first-order valence-electron chi connectivity index (χ1n) is 13.9. The van der Waals surface area contributed by atoms with Gasteiger partial charge in [-0.15, -0.1) is 0 Å². The Balaban J connectivity index is 1.35. The quantitative estimate of drug-likeness (QED) is 0.301. The lowest BCUT2D eigenvalue weighted by Crippen LogP contribution is -2.46. The van der Waals surface area contributed by atoms with Gasteiger partial charge in [-0.1, -0.05) is 25.0 Å². The van der Waals surface area contributed by atoms with Crippen molar-refractivity contribution in [3.63, 3.8) is 0 Å². The maximum absolute atomic E-state index is 14.4. The maximum Gasteiger partial charge on any atom is 0.244 e. The average Bonchev–Trinajstić information content (AvgIpc) is 3.26. The number of rotatable bonds is 9. The number of hydrogen-bond acceptors (Lipinski definition) is 8. The van der Waals surface area contributed by atoms with Gasteiger partial charge in [0, 0.05) is 24.4 Å². The number of hydrogen-bond donors (Lipinski definition) is 3. The lowest BCUT2D eigenvalue weighted by Gasteiger charge is -2.26. The number of carbonyl (C=O) groups excluding carboxylic acids is 1. The van der Waals surface area contributed by atoms with Crippen LogP contribution in [0.4, 0.5) is 14.7 Å². The summed E-state index contributed by atoms with van der Waals surface area (Å²) < 4.78 is 62.4. The van der Waals surface area contributed by atoms with Crippen LogP contribution in [0.15, 0.2) is 52.0 Å². The van der Waals surface area contributed by atoms with Gasteiger partial charge in [-0.3, -0.25) is 4.79 Å². The fraction of sp³-hybridized carbons (Fsp3) is 0.414. The van der Waals surface area contributed by atoms with E-state index in [1.54, 1.807) is 12.1 Å². The Hall–Kier alpha value is -3.20. The highest BCUT2D eigenvalue weighted by molar-refractivity contribution is 9.10. The van der Waals surface area contributed by atoms with Crippen LogP contribution in [0.3, 0.4) is 0 Å². The Kier molecular flexibility index (Phi) is 9.30. The standard InChI is InChI=1S/C29H32BrF2N5O5S/c1-16(28(39)34-25(15-38)19-9-20(31)12-21(10-19)42-2)37-14-18-8-7-17(11-26(18)43(37,40)41)27-22(30)13-33-29(36-27)35-24-6-4-3-5-23(24)32/h7-13,16,23-25,38H,3-6,14-15H2,1-2H3,(H,34,39)(H,33,35,36)/t16-,23-,24+,25-/m1/s1. The number of ether oxygens (including phenoxy) is 1. The van der Waals surface area contributed by atoms with Gasteiger partial charge >= 0.3 is 0 Å². The lowest BCUT2D eigenvalue weighted by molar-refractivity contribution is -0.125. The van der Waals surface area contributed by atoms with E-state index in [1.807, 2.05) is 0 Å². The molecule has 0 saturated heterocycles. The van der Waals surface area contributed by atoms with Crippen molar-refractivity contribution in [1.82, 2.24) is 19.6 Å². The summed E-state index contributed by atoms with van der Waals surface area (Å²) in [6, 6.07) is 6.19.